The van der Waals surface area contributed by atoms with Gasteiger partial charge in [-0.25, -0.2) is 4.98 Å². The average molecular weight is 324 g/mol. The third-order valence-electron chi connectivity index (χ3n) is 3.55. The minimum absolute atomic E-state index is 0.00312. The Labute approximate surface area is 132 Å². The molecule has 0 spiro atoms. The SMILES string of the molecule is CC(N)c1cnc(-c2ccc(OC(F)F)c(OCC3CC3)c2)o1. The lowest BCUT2D eigenvalue weighted by Gasteiger charge is -2.12. The molecule has 3 rings (SSSR count). The molecule has 23 heavy (non-hydrogen) atoms. The first kappa shape index (κ1) is 15.7. The summed E-state index contributed by atoms with van der Waals surface area (Å²) in [4.78, 5) is 4.16. The number of hydrogen-bond donors (Lipinski definition) is 1. The van der Waals surface area contributed by atoms with E-state index in [0.717, 1.165) is 12.8 Å². The van der Waals surface area contributed by atoms with Gasteiger partial charge in [-0.15, -0.1) is 0 Å². The standard InChI is InChI=1S/C16H18F2N2O3/c1-9(19)14-7-20-15(22-14)11-4-5-12(23-16(17)18)13(6-11)21-8-10-2-3-10/h4-7,9-10,16H,2-3,8,19H2,1H3. The van der Waals surface area contributed by atoms with E-state index in [1.54, 1.807) is 25.3 Å². The second kappa shape index (κ2) is 6.54. The van der Waals surface area contributed by atoms with Crippen molar-refractivity contribution in [3.8, 4) is 23.0 Å². The van der Waals surface area contributed by atoms with Crippen molar-refractivity contribution in [1.82, 2.24) is 4.98 Å². The van der Waals surface area contributed by atoms with Crippen molar-refractivity contribution in [3.05, 3.63) is 30.2 Å². The zero-order chi connectivity index (χ0) is 16.4. The molecule has 1 aliphatic carbocycles. The summed E-state index contributed by atoms with van der Waals surface area (Å²) in [5.41, 5.74) is 6.36. The molecule has 1 unspecified atom stereocenters. The molecule has 0 saturated heterocycles. The summed E-state index contributed by atoms with van der Waals surface area (Å²) in [5, 5.41) is 0. The van der Waals surface area contributed by atoms with Crippen molar-refractivity contribution >= 4 is 0 Å². The fourth-order valence-electron chi connectivity index (χ4n) is 2.07. The van der Waals surface area contributed by atoms with Gasteiger partial charge in [-0.1, -0.05) is 0 Å². The molecule has 1 fully saturated rings. The number of oxazole rings is 1. The van der Waals surface area contributed by atoms with Crippen LogP contribution in [0.25, 0.3) is 11.5 Å². The van der Waals surface area contributed by atoms with Gasteiger partial charge in [-0.2, -0.15) is 8.78 Å². The van der Waals surface area contributed by atoms with Crippen LogP contribution in [0.5, 0.6) is 11.5 Å². The number of aromatic nitrogens is 1. The Morgan fingerprint density at radius 3 is 2.74 bits per heavy atom. The molecular weight excluding hydrogens is 306 g/mol. The summed E-state index contributed by atoms with van der Waals surface area (Å²) in [6.45, 7) is -0.635. The van der Waals surface area contributed by atoms with Gasteiger partial charge in [0.25, 0.3) is 0 Å². The van der Waals surface area contributed by atoms with E-state index < -0.39 is 6.61 Å². The molecule has 5 nitrogen and oxygen atoms in total. The number of hydrogen-bond acceptors (Lipinski definition) is 5. The van der Waals surface area contributed by atoms with Crippen LogP contribution in [0.1, 0.15) is 31.6 Å². The Kier molecular flexibility index (Phi) is 4.47. The van der Waals surface area contributed by atoms with E-state index >= 15 is 0 Å². The van der Waals surface area contributed by atoms with Crippen LogP contribution in [-0.4, -0.2) is 18.2 Å². The Morgan fingerprint density at radius 1 is 1.35 bits per heavy atom. The van der Waals surface area contributed by atoms with Crippen molar-refractivity contribution < 1.29 is 22.7 Å². The molecule has 0 aliphatic heterocycles. The maximum absolute atomic E-state index is 12.5. The van der Waals surface area contributed by atoms with Gasteiger partial charge in [0.15, 0.2) is 11.5 Å². The van der Waals surface area contributed by atoms with Crippen LogP contribution in [0.4, 0.5) is 8.78 Å². The Morgan fingerprint density at radius 2 is 2.13 bits per heavy atom. The van der Waals surface area contributed by atoms with Crippen LogP contribution in [0.15, 0.2) is 28.8 Å². The number of nitrogens with zero attached hydrogens (tertiary/aromatic N) is 1. The second-order valence-electron chi connectivity index (χ2n) is 5.65. The first-order valence-electron chi connectivity index (χ1n) is 7.46. The predicted molar refractivity (Wildman–Crippen MR) is 79.4 cm³/mol. The van der Waals surface area contributed by atoms with Gasteiger partial charge in [0.1, 0.15) is 5.76 Å². The lowest BCUT2D eigenvalue weighted by atomic mass is 10.2. The summed E-state index contributed by atoms with van der Waals surface area (Å²) in [5.74, 6) is 1.66. The molecule has 2 N–H and O–H groups in total. The number of halogens is 2. The smallest absolute Gasteiger partial charge is 0.387 e. The molecule has 1 aliphatic rings. The molecule has 0 bridgehead atoms. The molecule has 1 saturated carbocycles. The van der Waals surface area contributed by atoms with Crippen molar-refractivity contribution in [2.75, 3.05) is 6.61 Å². The minimum atomic E-state index is -2.91. The predicted octanol–water partition coefficient (Wildman–Crippen LogP) is 3.75. The lowest BCUT2D eigenvalue weighted by molar-refractivity contribution is -0.0515. The van der Waals surface area contributed by atoms with E-state index in [4.69, 9.17) is 14.9 Å². The van der Waals surface area contributed by atoms with Crippen molar-refractivity contribution in [1.29, 1.82) is 0 Å². The summed E-state index contributed by atoms with van der Waals surface area (Å²) in [6.07, 6.45) is 3.75. The van der Waals surface area contributed by atoms with Gasteiger partial charge in [-0.3, -0.25) is 0 Å². The van der Waals surface area contributed by atoms with E-state index in [9.17, 15) is 8.78 Å². The van der Waals surface area contributed by atoms with Crippen LogP contribution >= 0.6 is 0 Å². The monoisotopic (exact) mass is 324 g/mol. The Balaban J connectivity index is 1.85. The summed E-state index contributed by atoms with van der Waals surface area (Å²) >= 11 is 0. The van der Waals surface area contributed by atoms with Crippen LogP contribution in [-0.2, 0) is 0 Å². The van der Waals surface area contributed by atoms with Crippen molar-refractivity contribution in [2.24, 2.45) is 11.7 Å². The second-order valence-corrected chi connectivity index (χ2v) is 5.65. The normalized spacial score (nSPS) is 15.7. The largest absolute Gasteiger partial charge is 0.489 e. The molecule has 1 aromatic heterocycles. The van der Waals surface area contributed by atoms with Crippen LogP contribution in [0.2, 0.25) is 0 Å². The average Bonchev–Trinajstić information content (AvgIpc) is 3.19. The zero-order valence-corrected chi connectivity index (χ0v) is 12.7. The van der Waals surface area contributed by atoms with E-state index in [0.29, 0.717) is 29.7 Å². The topological polar surface area (TPSA) is 70.5 Å². The Hall–Kier alpha value is -2.15. The number of ether oxygens (including phenoxy) is 2. The molecule has 7 heteroatoms. The number of benzene rings is 1. The van der Waals surface area contributed by atoms with E-state index in [1.165, 1.54) is 6.07 Å². The zero-order valence-electron chi connectivity index (χ0n) is 12.7. The molecule has 2 aromatic rings. The maximum Gasteiger partial charge on any atom is 0.387 e. The summed E-state index contributed by atoms with van der Waals surface area (Å²) < 4.78 is 40.7. The number of nitrogens with two attached hydrogens (primary N) is 1. The highest BCUT2D eigenvalue weighted by Gasteiger charge is 2.23. The van der Waals surface area contributed by atoms with E-state index in [1.807, 2.05) is 0 Å². The summed E-state index contributed by atoms with van der Waals surface area (Å²) in [6, 6.07) is 4.35. The van der Waals surface area contributed by atoms with Gasteiger partial charge in [0.05, 0.1) is 18.8 Å². The molecule has 1 aromatic carbocycles. The third-order valence-corrected chi connectivity index (χ3v) is 3.55. The van der Waals surface area contributed by atoms with Crippen molar-refractivity contribution in [2.45, 2.75) is 32.4 Å². The number of alkyl halides is 2. The van der Waals surface area contributed by atoms with E-state index in [2.05, 4.69) is 9.72 Å². The van der Waals surface area contributed by atoms with Gasteiger partial charge >= 0.3 is 6.61 Å². The van der Waals surface area contributed by atoms with Crippen molar-refractivity contribution in [3.63, 3.8) is 0 Å². The van der Waals surface area contributed by atoms with Gasteiger partial charge in [0, 0.05) is 5.56 Å². The fraction of sp³-hybridized carbons (Fsp3) is 0.438. The molecule has 0 radical (unpaired) electrons. The molecule has 124 valence electrons. The lowest BCUT2D eigenvalue weighted by Crippen LogP contribution is -2.06. The van der Waals surface area contributed by atoms with Crippen LogP contribution in [0.3, 0.4) is 0 Å². The highest BCUT2D eigenvalue weighted by molar-refractivity contribution is 5.60. The van der Waals surface area contributed by atoms with Crippen LogP contribution in [0, 0.1) is 5.92 Å². The quantitative estimate of drug-likeness (QED) is 0.840. The molecule has 0 amide bonds. The molecule has 1 atom stereocenters. The number of rotatable bonds is 7. The minimum Gasteiger partial charge on any atom is -0.489 e. The summed E-state index contributed by atoms with van der Waals surface area (Å²) in [7, 11) is 0. The highest BCUT2D eigenvalue weighted by Crippen LogP contribution is 2.36. The molecule has 1 heterocycles. The van der Waals surface area contributed by atoms with E-state index in [-0.39, 0.29) is 17.5 Å². The van der Waals surface area contributed by atoms with Gasteiger partial charge < -0.3 is 19.6 Å². The fourth-order valence-corrected chi connectivity index (χ4v) is 2.07. The highest BCUT2D eigenvalue weighted by atomic mass is 19.3. The molecular formula is C16H18F2N2O3. The first-order valence-corrected chi connectivity index (χ1v) is 7.46. The maximum atomic E-state index is 12.5. The van der Waals surface area contributed by atoms with Gasteiger partial charge in [-0.05, 0) is 43.9 Å². The third kappa shape index (κ3) is 3.98. The Bertz CT molecular complexity index is 669. The first-order chi connectivity index (χ1) is 11.0. The van der Waals surface area contributed by atoms with Crippen LogP contribution < -0.4 is 15.2 Å². The van der Waals surface area contributed by atoms with Gasteiger partial charge in [0.2, 0.25) is 5.89 Å².